The Labute approximate surface area is 280 Å². The van der Waals surface area contributed by atoms with Gasteiger partial charge in [0.05, 0.1) is 52.9 Å². The van der Waals surface area contributed by atoms with Crippen molar-refractivity contribution >= 4 is 51.7 Å². The Morgan fingerprint density at radius 2 is 0.528 bits per heavy atom. The van der Waals surface area contributed by atoms with Crippen LogP contribution < -0.4 is 59.8 Å². The Morgan fingerprint density at radius 1 is 0.389 bits per heavy atom. The van der Waals surface area contributed by atoms with Gasteiger partial charge in [0.25, 0.3) is 0 Å². The minimum absolute atomic E-state index is 0. The molecule has 0 aromatic rings. The molecule has 0 rings (SSSR count). The number of aliphatic hydroxyl groups excluding tert-OH is 4. The molecule has 224 valence electrons. The van der Waals surface area contributed by atoms with Crippen molar-refractivity contribution in [2.75, 3.05) is 122 Å². The van der Waals surface area contributed by atoms with Gasteiger partial charge in [-0.3, -0.25) is 0 Å². The molecule has 18 heteroatoms. The summed E-state index contributed by atoms with van der Waals surface area (Å²) in [5.41, 5.74) is 0. The first-order valence-electron chi connectivity index (χ1n) is 9.02. The van der Waals surface area contributed by atoms with E-state index >= 15 is 0 Å². The molecule has 0 radical (unpaired) electrons. The molecule has 4 N–H and O–H groups in total. The SMILES string of the molecule is COCCO.COCCO.COCCO.COCCO.COCC[O-].COCC[O-].[Cl-].[Cl-].[Cl-].[Cl-].[In+3].[In+3]. The fraction of sp³-hybridized carbons (Fsp3) is 1.00. The van der Waals surface area contributed by atoms with Crippen molar-refractivity contribution < 1.29 is 109 Å². The molecule has 0 fully saturated rings. The average molecular weight is 826 g/mol. The summed E-state index contributed by atoms with van der Waals surface area (Å²) in [6.45, 7) is 2.67. The van der Waals surface area contributed by atoms with Crippen molar-refractivity contribution in [3.8, 4) is 0 Å². The Morgan fingerprint density at radius 3 is 0.528 bits per heavy atom. The Balaban J connectivity index is -0.0000000186. The number of hydrogen-bond acceptors (Lipinski definition) is 12. The van der Waals surface area contributed by atoms with E-state index in [0.717, 1.165) is 0 Å². The standard InChI is InChI=1S/4C3H8O2.2C3H7O2.4ClH.2In/c6*1-5-3-2-4;;;;;;/h4*4H,2-3H2,1H3;2*2-3H2,1H3;4*1H;;/q;;;;2*-1;;;;;2*+3/p-4. The van der Waals surface area contributed by atoms with E-state index in [1.165, 1.54) is 14.2 Å². The largest absolute Gasteiger partial charge is 3.00 e. The topological polar surface area (TPSA) is 182 Å². The second kappa shape index (κ2) is 119. The molecule has 0 unspecified atom stereocenters. The normalized spacial score (nSPS) is 7.00. The molecule has 0 saturated heterocycles. The summed E-state index contributed by atoms with van der Waals surface area (Å²) in [5.74, 6) is 0. The summed E-state index contributed by atoms with van der Waals surface area (Å²) >= 11 is 0. The summed E-state index contributed by atoms with van der Waals surface area (Å²) in [4.78, 5) is 0. The van der Waals surface area contributed by atoms with Crippen LogP contribution in [0.5, 0.6) is 0 Å². The van der Waals surface area contributed by atoms with E-state index in [4.69, 9.17) is 20.4 Å². The molecule has 0 aliphatic rings. The van der Waals surface area contributed by atoms with Crippen molar-refractivity contribution in [3.63, 3.8) is 0 Å². The van der Waals surface area contributed by atoms with Crippen molar-refractivity contribution in [1.29, 1.82) is 0 Å². The molecular weight excluding hydrogens is 780 g/mol. The monoisotopic (exact) mass is 824 g/mol. The van der Waals surface area contributed by atoms with Crippen LogP contribution in [-0.4, -0.2) is 194 Å². The second-order valence-corrected chi connectivity index (χ2v) is 4.26. The van der Waals surface area contributed by atoms with Gasteiger partial charge in [-0.1, -0.05) is 0 Å². The number of ether oxygens (including phenoxy) is 6. The molecule has 0 atom stereocenters. The van der Waals surface area contributed by atoms with E-state index in [-0.39, 0.29) is 141 Å². The second-order valence-electron chi connectivity index (χ2n) is 4.26. The summed E-state index contributed by atoms with van der Waals surface area (Å²) < 4.78 is 26.5. The van der Waals surface area contributed by atoms with Crippen LogP contribution in [0.4, 0.5) is 0 Å². The van der Waals surface area contributed by atoms with Gasteiger partial charge < -0.3 is 109 Å². The van der Waals surface area contributed by atoms with Gasteiger partial charge in [0, 0.05) is 55.9 Å². The molecule has 36 heavy (non-hydrogen) atoms. The van der Waals surface area contributed by atoms with Crippen LogP contribution in [0.25, 0.3) is 0 Å². The number of aliphatic hydroxyl groups is 4. The van der Waals surface area contributed by atoms with Crippen LogP contribution in [0.15, 0.2) is 0 Å². The third kappa shape index (κ3) is 220. The number of hydrogen-bond donors (Lipinski definition) is 4. The molecule has 0 amide bonds. The van der Waals surface area contributed by atoms with E-state index < -0.39 is 0 Å². The summed E-state index contributed by atoms with van der Waals surface area (Å²) in [7, 11) is 9.23. The first-order valence-corrected chi connectivity index (χ1v) is 9.02. The van der Waals surface area contributed by atoms with Crippen LogP contribution in [0, 0.1) is 0 Å². The first kappa shape index (κ1) is 77.1. The Bertz CT molecular complexity index is 150. The van der Waals surface area contributed by atoms with Crippen molar-refractivity contribution in [2.24, 2.45) is 0 Å². The van der Waals surface area contributed by atoms with Crippen LogP contribution in [-0.2, 0) is 28.4 Å². The molecule has 0 aromatic heterocycles. The van der Waals surface area contributed by atoms with Gasteiger partial charge in [-0.15, -0.1) is 13.2 Å². The van der Waals surface area contributed by atoms with Gasteiger partial charge in [-0.2, -0.15) is 0 Å². The maximum absolute atomic E-state index is 9.40. The smallest absolute Gasteiger partial charge is 1.00 e. The van der Waals surface area contributed by atoms with Crippen LogP contribution in [0.3, 0.4) is 0 Å². The van der Waals surface area contributed by atoms with Crippen LogP contribution >= 0.6 is 0 Å². The van der Waals surface area contributed by atoms with Gasteiger partial charge >= 0.3 is 51.7 Å². The quantitative estimate of drug-likeness (QED) is 0.146. The third-order valence-electron chi connectivity index (χ3n) is 1.76. The van der Waals surface area contributed by atoms with Gasteiger partial charge in [-0.05, 0) is 0 Å². The zero-order valence-corrected chi connectivity index (χ0v) is 31.8. The molecule has 0 heterocycles. The summed E-state index contributed by atoms with van der Waals surface area (Å²) in [5, 5.41) is 50.6. The molecule has 0 aliphatic carbocycles. The number of methoxy groups -OCH3 is 6. The van der Waals surface area contributed by atoms with E-state index in [1.54, 1.807) is 28.4 Å². The van der Waals surface area contributed by atoms with Gasteiger partial charge in [0.15, 0.2) is 0 Å². The molecule has 0 aliphatic heterocycles. The van der Waals surface area contributed by atoms with E-state index in [0.29, 0.717) is 39.6 Å². The Hall–Kier alpha value is 2.42. The van der Waals surface area contributed by atoms with Crippen molar-refractivity contribution in [2.45, 2.75) is 0 Å². The zero-order chi connectivity index (χ0) is 24.7. The van der Waals surface area contributed by atoms with Gasteiger partial charge in [0.2, 0.25) is 0 Å². The first-order chi connectivity index (χ1) is 14.5. The zero-order valence-electron chi connectivity index (χ0n) is 22.2. The fourth-order valence-corrected chi connectivity index (χ4v) is 0.532. The minimum Gasteiger partial charge on any atom is -1.00 e. The molecule has 0 bridgehead atoms. The average Bonchev–Trinajstić information content (AvgIpc) is 2.74. The molecule has 0 saturated carbocycles. The fourth-order valence-electron chi connectivity index (χ4n) is 0.532. The maximum Gasteiger partial charge on any atom is 3.00 e. The van der Waals surface area contributed by atoms with E-state index in [9.17, 15) is 10.2 Å². The molecular formula is C18H46Cl4In2O12. The maximum atomic E-state index is 9.40. The summed E-state index contributed by atoms with van der Waals surface area (Å²) in [6, 6.07) is 0. The van der Waals surface area contributed by atoms with Crippen molar-refractivity contribution in [3.05, 3.63) is 0 Å². The van der Waals surface area contributed by atoms with E-state index in [1.807, 2.05) is 0 Å². The van der Waals surface area contributed by atoms with Crippen molar-refractivity contribution in [1.82, 2.24) is 0 Å². The van der Waals surface area contributed by atoms with Crippen LogP contribution in [0.2, 0.25) is 0 Å². The van der Waals surface area contributed by atoms with Crippen LogP contribution in [0.1, 0.15) is 0 Å². The summed E-state index contributed by atoms with van der Waals surface area (Å²) in [6.07, 6.45) is 0. The predicted molar refractivity (Wildman–Crippen MR) is 121 cm³/mol. The number of halogens is 4. The van der Waals surface area contributed by atoms with Gasteiger partial charge in [-0.25, -0.2) is 0 Å². The third-order valence-corrected chi connectivity index (χ3v) is 1.76. The van der Waals surface area contributed by atoms with E-state index in [2.05, 4.69) is 28.4 Å². The predicted octanol–water partition coefficient (Wildman–Crippen LogP) is -16.3. The molecule has 12 nitrogen and oxygen atoms in total. The molecule has 0 aromatic carbocycles. The Kier molecular flexibility index (Phi) is 255. The molecule has 0 spiro atoms. The number of rotatable bonds is 12. The minimum atomic E-state index is -0.128. The van der Waals surface area contributed by atoms with Gasteiger partial charge in [0.1, 0.15) is 0 Å².